The van der Waals surface area contributed by atoms with Gasteiger partial charge in [0.05, 0.1) is 56.1 Å². The monoisotopic (exact) mass is 897 g/mol. The molecule has 2 aromatic carbocycles. The van der Waals surface area contributed by atoms with Gasteiger partial charge in [0.15, 0.2) is 0 Å². The van der Waals surface area contributed by atoms with Crippen LogP contribution in [0.3, 0.4) is 0 Å². The van der Waals surface area contributed by atoms with E-state index in [1.54, 1.807) is 5.57 Å². The minimum atomic E-state index is -0.247. The molecule has 3 saturated carbocycles. The van der Waals surface area contributed by atoms with E-state index in [0.29, 0.717) is 49.7 Å². The molecule has 4 aliphatic carbocycles. The van der Waals surface area contributed by atoms with E-state index in [4.69, 9.17) is 23.7 Å². The molecule has 8 atom stereocenters. The molecule has 1 saturated heterocycles. The van der Waals surface area contributed by atoms with Crippen LogP contribution < -0.4 is 15.4 Å². The summed E-state index contributed by atoms with van der Waals surface area (Å²) in [4.78, 5) is 13.4. The van der Waals surface area contributed by atoms with Crippen molar-refractivity contribution in [3.05, 3.63) is 65.7 Å². The average Bonchev–Trinajstić information content (AvgIpc) is 3.66. The third-order valence-corrected chi connectivity index (χ3v) is 16.4. The van der Waals surface area contributed by atoms with Crippen molar-refractivity contribution in [3.63, 3.8) is 0 Å². The Balaban J connectivity index is 0.814. The summed E-state index contributed by atoms with van der Waals surface area (Å²) in [6.07, 6.45) is 21.7. The third-order valence-electron chi connectivity index (χ3n) is 16.4. The van der Waals surface area contributed by atoms with Gasteiger partial charge in [0.2, 0.25) is 0 Å². The molecule has 0 spiro atoms. The van der Waals surface area contributed by atoms with Crippen molar-refractivity contribution in [2.45, 2.75) is 150 Å². The predicted molar refractivity (Wildman–Crippen MR) is 260 cm³/mol. The lowest BCUT2D eigenvalue weighted by Crippen LogP contribution is -2.51. The molecule has 0 bridgehead atoms. The molecular weight excluding hydrogens is 813 g/mol. The molecule has 0 aromatic heterocycles. The smallest absolute Gasteiger partial charge is 0.338 e. The Hall–Kier alpha value is -3.15. The number of carbonyl (C=O) groups is 1. The number of esters is 1. The van der Waals surface area contributed by atoms with Gasteiger partial charge in [-0.2, -0.15) is 10.2 Å². The van der Waals surface area contributed by atoms with Gasteiger partial charge in [-0.15, -0.1) is 0 Å². The van der Waals surface area contributed by atoms with Gasteiger partial charge < -0.3 is 34.3 Å². The first-order valence-electron chi connectivity index (χ1n) is 26.0. The fourth-order valence-electron chi connectivity index (χ4n) is 12.7. The van der Waals surface area contributed by atoms with E-state index in [0.717, 1.165) is 125 Å². The first-order chi connectivity index (χ1) is 31.6. The summed E-state index contributed by atoms with van der Waals surface area (Å²) in [6.45, 7) is 19.0. The molecule has 0 unspecified atom stereocenters. The van der Waals surface area contributed by atoms with Gasteiger partial charge in [-0.25, -0.2) is 4.79 Å². The topological polar surface area (TPSA) is 112 Å². The van der Waals surface area contributed by atoms with Crippen LogP contribution in [0, 0.1) is 46.3 Å². The van der Waals surface area contributed by atoms with Crippen molar-refractivity contribution in [1.82, 2.24) is 10.6 Å². The zero-order valence-electron chi connectivity index (χ0n) is 40.8. The van der Waals surface area contributed by atoms with Crippen molar-refractivity contribution in [2.75, 3.05) is 59.3 Å². The summed E-state index contributed by atoms with van der Waals surface area (Å²) >= 11 is 0. The summed E-state index contributed by atoms with van der Waals surface area (Å²) in [5, 5.41) is 16.2. The highest BCUT2D eigenvalue weighted by Gasteiger charge is 2.59. The molecule has 0 radical (unpaired) electrons. The van der Waals surface area contributed by atoms with Crippen molar-refractivity contribution in [3.8, 4) is 5.75 Å². The number of nitrogens with zero attached hydrogens (tertiary/aromatic N) is 2. The SMILES string of the molecule is CC(C)CCC[C@@H](C)[C@H]1CC[C@H]2[C@@H]3CC=C4C[C@@H](OC(=O)c5ccc(N=Nc6ccc(OCCCCC7NCCCOCCOCCOCCCN7)cc6)cc5)CC[C@]4(C)[C@H]3CC[C@]12C. The van der Waals surface area contributed by atoms with Crippen LogP contribution in [0.4, 0.5) is 11.4 Å². The molecule has 7 rings (SSSR count). The molecule has 4 fully saturated rings. The number of unbranched alkanes of at least 4 members (excludes halogenated alkanes) is 1. The second kappa shape index (κ2) is 24.7. The molecule has 5 aliphatic rings. The second-order valence-electron chi connectivity index (χ2n) is 21.1. The first kappa shape index (κ1) is 49.7. The lowest BCUT2D eigenvalue weighted by molar-refractivity contribution is -0.0594. The van der Waals surface area contributed by atoms with Gasteiger partial charge in [0, 0.05) is 19.6 Å². The molecule has 1 heterocycles. The van der Waals surface area contributed by atoms with Gasteiger partial charge >= 0.3 is 5.97 Å². The standard InChI is InChI=1S/C55H84N4O6/c1-40(2)11-8-12-41(3)49-24-25-50-48-23-16-43-39-47(26-28-54(43,4)51(48)27-29-55(49,50)5)65-53(60)42-14-17-44(18-15-42)58-59-45-19-21-46(22-20-45)64-34-7-6-13-52-56-30-9-32-61-35-37-63-38-36-62-33-10-31-57-52/h14-22,40-41,47-52,56-57H,6-13,23-39H2,1-5H3/t41-,47+,48+,49-,50+,51+,54+,55-/m1/s1. The van der Waals surface area contributed by atoms with Gasteiger partial charge in [0.1, 0.15) is 11.9 Å². The summed E-state index contributed by atoms with van der Waals surface area (Å²) in [6, 6.07) is 15.0. The maximum Gasteiger partial charge on any atom is 0.338 e. The summed E-state index contributed by atoms with van der Waals surface area (Å²) in [5.41, 5.74) is 4.29. The van der Waals surface area contributed by atoms with E-state index in [1.807, 2.05) is 48.5 Å². The van der Waals surface area contributed by atoms with E-state index < -0.39 is 0 Å². The summed E-state index contributed by atoms with van der Waals surface area (Å²) in [5.74, 6) is 5.53. The zero-order chi connectivity index (χ0) is 45.5. The van der Waals surface area contributed by atoms with Gasteiger partial charge in [-0.05, 0) is 185 Å². The highest BCUT2D eigenvalue weighted by Crippen LogP contribution is 2.67. The molecule has 10 nitrogen and oxygen atoms in total. The fourth-order valence-corrected chi connectivity index (χ4v) is 12.7. The molecule has 2 aromatic rings. The quantitative estimate of drug-likeness (QED) is 0.0787. The van der Waals surface area contributed by atoms with E-state index in [2.05, 4.69) is 61.6 Å². The van der Waals surface area contributed by atoms with E-state index in [1.165, 1.54) is 51.4 Å². The average molecular weight is 897 g/mol. The fraction of sp³-hybridized carbons (Fsp3) is 0.727. The maximum atomic E-state index is 13.4. The van der Waals surface area contributed by atoms with Crippen LogP contribution in [-0.2, 0) is 18.9 Å². The highest BCUT2D eigenvalue weighted by atomic mass is 16.5. The van der Waals surface area contributed by atoms with Gasteiger partial charge in [-0.3, -0.25) is 0 Å². The Bertz CT molecular complexity index is 1790. The van der Waals surface area contributed by atoms with Crippen LogP contribution in [0.2, 0.25) is 0 Å². The van der Waals surface area contributed by atoms with Crippen LogP contribution in [0.25, 0.3) is 0 Å². The number of azo groups is 1. The van der Waals surface area contributed by atoms with Crippen LogP contribution in [0.5, 0.6) is 5.75 Å². The van der Waals surface area contributed by atoms with Crippen molar-refractivity contribution >= 4 is 17.3 Å². The van der Waals surface area contributed by atoms with Crippen molar-refractivity contribution in [2.24, 2.45) is 56.6 Å². The van der Waals surface area contributed by atoms with Crippen LogP contribution >= 0.6 is 0 Å². The predicted octanol–water partition coefficient (Wildman–Crippen LogP) is 12.6. The minimum absolute atomic E-state index is 0.0660. The lowest BCUT2D eigenvalue weighted by Gasteiger charge is -2.58. The molecule has 1 aliphatic heterocycles. The van der Waals surface area contributed by atoms with Crippen LogP contribution in [0.15, 0.2) is 70.4 Å². The van der Waals surface area contributed by atoms with Gasteiger partial charge in [0.25, 0.3) is 0 Å². The number of rotatable bonds is 15. The van der Waals surface area contributed by atoms with E-state index in [9.17, 15) is 4.79 Å². The van der Waals surface area contributed by atoms with Crippen molar-refractivity contribution in [1.29, 1.82) is 0 Å². The summed E-state index contributed by atoms with van der Waals surface area (Å²) < 4.78 is 29.1. The second-order valence-corrected chi connectivity index (χ2v) is 21.1. The van der Waals surface area contributed by atoms with E-state index >= 15 is 0 Å². The van der Waals surface area contributed by atoms with Crippen molar-refractivity contribution < 1.29 is 28.5 Å². The molecule has 2 N–H and O–H groups in total. The largest absolute Gasteiger partial charge is 0.494 e. The minimum Gasteiger partial charge on any atom is -0.494 e. The molecular formula is C55H84N4O6. The molecule has 10 heteroatoms. The molecule has 65 heavy (non-hydrogen) atoms. The number of hydrogen-bond acceptors (Lipinski definition) is 10. The summed E-state index contributed by atoms with van der Waals surface area (Å²) in [7, 11) is 0. The number of carbonyl (C=O) groups excluding carboxylic acids is 1. The number of nitrogens with one attached hydrogen (secondary N) is 2. The Morgan fingerprint density at radius 2 is 1.42 bits per heavy atom. The normalized spacial score (nSPS) is 30.2. The van der Waals surface area contributed by atoms with Crippen LogP contribution in [0.1, 0.15) is 148 Å². The molecule has 0 amide bonds. The number of fused-ring (bicyclic) bond motifs is 5. The Morgan fingerprint density at radius 1 is 0.754 bits per heavy atom. The Kier molecular flexibility index (Phi) is 18.9. The molecule has 360 valence electrons. The first-order valence-corrected chi connectivity index (χ1v) is 26.0. The van der Waals surface area contributed by atoms with E-state index in [-0.39, 0.29) is 23.7 Å². The third kappa shape index (κ3) is 13.7. The Morgan fingerprint density at radius 3 is 2.09 bits per heavy atom. The van der Waals surface area contributed by atoms with Crippen LogP contribution in [-0.4, -0.2) is 77.6 Å². The number of ether oxygens (including phenoxy) is 5. The number of hydrogen-bond donors (Lipinski definition) is 2. The van der Waals surface area contributed by atoms with Gasteiger partial charge in [-0.1, -0.05) is 65.5 Å². The maximum absolute atomic E-state index is 13.4. The highest BCUT2D eigenvalue weighted by molar-refractivity contribution is 5.89. The zero-order valence-corrected chi connectivity index (χ0v) is 40.8. The lowest BCUT2D eigenvalue weighted by atomic mass is 9.47. The Labute approximate surface area is 392 Å². The number of allylic oxidation sites excluding steroid dienone is 1. The number of benzene rings is 2.